The van der Waals surface area contributed by atoms with Gasteiger partial charge in [-0.25, -0.2) is 0 Å². The zero-order valence-corrected chi connectivity index (χ0v) is 10.8. The molecule has 3 N–H and O–H groups in total. The molecule has 0 aliphatic heterocycles. The fourth-order valence-corrected chi connectivity index (χ4v) is 2.19. The molecule has 0 saturated heterocycles. The van der Waals surface area contributed by atoms with Gasteiger partial charge in [0.2, 0.25) is 0 Å². The Bertz CT molecular complexity index is 516. The largest absolute Gasteiger partial charge is 0.394 e. The smallest absolute Gasteiger partial charge is 0.0942 e. The number of anilines is 1. The van der Waals surface area contributed by atoms with E-state index in [0.29, 0.717) is 6.54 Å². The Morgan fingerprint density at radius 1 is 1.12 bits per heavy atom. The number of rotatable bonds is 4. The standard InChI is InChI=1S/C13H14BrNO2/c14-12-5-6-13(15-7-9(17)8-16)11-4-2-1-3-10(11)12/h1-6,9,15-17H,7-8H2/t9-/m0/s1. The molecule has 0 aliphatic carbocycles. The molecule has 0 unspecified atom stereocenters. The van der Waals surface area contributed by atoms with Gasteiger partial charge in [-0.15, -0.1) is 0 Å². The highest BCUT2D eigenvalue weighted by Crippen LogP contribution is 2.29. The van der Waals surface area contributed by atoms with Crippen LogP contribution in [-0.4, -0.2) is 29.5 Å². The maximum Gasteiger partial charge on any atom is 0.0942 e. The van der Waals surface area contributed by atoms with E-state index in [4.69, 9.17) is 5.11 Å². The average molecular weight is 296 g/mol. The third-order valence-corrected chi connectivity index (χ3v) is 3.30. The summed E-state index contributed by atoms with van der Waals surface area (Å²) in [6.45, 7) is 0.101. The highest BCUT2D eigenvalue weighted by molar-refractivity contribution is 9.10. The molecule has 0 spiro atoms. The van der Waals surface area contributed by atoms with Crippen LogP contribution in [0.5, 0.6) is 0 Å². The number of hydrogen-bond donors (Lipinski definition) is 3. The summed E-state index contributed by atoms with van der Waals surface area (Å²) in [7, 11) is 0. The molecule has 3 nitrogen and oxygen atoms in total. The number of aliphatic hydroxyl groups is 2. The Labute approximate surface area is 108 Å². The van der Waals surface area contributed by atoms with E-state index in [-0.39, 0.29) is 6.61 Å². The lowest BCUT2D eigenvalue weighted by Crippen LogP contribution is -2.22. The normalized spacial score (nSPS) is 12.6. The molecule has 0 aromatic heterocycles. The van der Waals surface area contributed by atoms with E-state index in [0.717, 1.165) is 20.9 Å². The second-order valence-corrected chi connectivity index (χ2v) is 4.71. The number of aliphatic hydroxyl groups excluding tert-OH is 2. The van der Waals surface area contributed by atoms with Crippen LogP contribution in [0.3, 0.4) is 0 Å². The van der Waals surface area contributed by atoms with Crippen molar-refractivity contribution in [2.45, 2.75) is 6.10 Å². The molecule has 0 heterocycles. The number of fused-ring (bicyclic) bond motifs is 1. The van der Waals surface area contributed by atoms with E-state index in [1.807, 2.05) is 36.4 Å². The van der Waals surface area contributed by atoms with Crippen LogP contribution in [0.2, 0.25) is 0 Å². The van der Waals surface area contributed by atoms with Crippen LogP contribution in [0.25, 0.3) is 10.8 Å². The minimum atomic E-state index is -0.739. The highest BCUT2D eigenvalue weighted by Gasteiger charge is 2.05. The van der Waals surface area contributed by atoms with Gasteiger partial charge in [0.1, 0.15) is 0 Å². The summed E-state index contributed by atoms with van der Waals surface area (Å²) in [4.78, 5) is 0. The summed E-state index contributed by atoms with van der Waals surface area (Å²) < 4.78 is 1.04. The zero-order chi connectivity index (χ0) is 12.3. The van der Waals surface area contributed by atoms with Crippen LogP contribution in [0, 0.1) is 0 Å². The van der Waals surface area contributed by atoms with Crippen LogP contribution in [0.15, 0.2) is 40.9 Å². The Hall–Kier alpha value is -1.10. The van der Waals surface area contributed by atoms with Gasteiger partial charge in [-0.05, 0) is 17.5 Å². The van der Waals surface area contributed by atoms with Gasteiger partial charge < -0.3 is 15.5 Å². The van der Waals surface area contributed by atoms with Crippen molar-refractivity contribution in [3.8, 4) is 0 Å². The molecule has 4 heteroatoms. The van der Waals surface area contributed by atoms with E-state index in [1.54, 1.807) is 0 Å². The van der Waals surface area contributed by atoms with E-state index in [2.05, 4.69) is 21.2 Å². The fourth-order valence-electron chi connectivity index (χ4n) is 1.71. The Kier molecular flexibility index (Phi) is 3.99. The van der Waals surface area contributed by atoms with Gasteiger partial charge in [-0.2, -0.15) is 0 Å². The fraction of sp³-hybridized carbons (Fsp3) is 0.231. The van der Waals surface area contributed by atoms with Gasteiger partial charge in [-0.3, -0.25) is 0 Å². The quantitative estimate of drug-likeness (QED) is 0.812. The van der Waals surface area contributed by atoms with Gasteiger partial charge >= 0.3 is 0 Å². The molecule has 0 aliphatic rings. The van der Waals surface area contributed by atoms with Crippen molar-refractivity contribution in [2.24, 2.45) is 0 Å². The molecule has 2 aromatic rings. The molecule has 2 rings (SSSR count). The third-order valence-electron chi connectivity index (χ3n) is 2.61. The van der Waals surface area contributed by atoms with Crippen LogP contribution in [0.1, 0.15) is 0 Å². The van der Waals surface area contributed by atoms with Gasteiger partial charge in [0.05, 0.1) is 12.7 Å². The zero-order valence-electron chi connectivity index (χ0n) is 9.23. The molecule has 90 valence electrons. The summed E-state index contributed by atoms with van der Waals surface area (Å²) in [5.74, 6) is 0. The summed E-state index contributed by atoms with van der Waals surface area (Å²) in [5.41, 5.74) is 0.955. The van der Waals surface area contributed by atoms with Crippen LogP contribution >= 0.6 is 15.9 Å². The van der Waals surface area contributed by atoms with Crippen molar-refractivity contribution < 1.29 is 10.2 Å². The Morgan fingerprint density at radius 3 is 2.53 bits per heavy atom. The molecule has 2 aromatic carbocycles. The van der Waals surface area contributed by atoms with E-state index < -0.39 is 6.10 Å². The molecule has 0 saturated carbocycles. The first kappa shape index (κ1) is 12.4. The maximum absolute atomic E-state index is 9.32. The van der Waals surface area contributed by atoms with Crippen molar-refractivity contribution in [3.05, 3.63) is 40.9 Å². The third kappa shape index (κ3) is 2.77. The van der Waals surface area contributed by atoms with Crippen LogP contribution < -0.4 is 5.32 Å². The summed E-state index contributed by atoms with van der Waals surface area (Å²) in [5, 5.41) is 23.4. The topological polar surface area (TPSA) is 52.5 Å². The van der Waals surface area contributed by atoms with E-state index in [1.165, 1.54) is 0 Å². The predicted molar refractivity (Wildman–Crippen MR) is 73.2 cm³/mol. The van der Waals surface area contributed by atoms with E-state index >= 15 is 0 Å². The molecule has 0 amide bonds. The summed E-state index contributed by atoms with van der Waals surface area (Å²) >= 11 is 3.51. The van der Waals surface area contributed by atoms with Gasteiger partial charge in [0.15, 0.2) is 0 Å². The molecule has 17 heavy (non-hydrogen) atoms. The first-order valence-corrected chi connectivity index (χ1v) is 6.21. The lowest BCUT2D eigenvalue weighted by atomic mass is 10.1. The second kappa shape index (κ2) is 5.49. The first-order chi connectivity index (χ1) is 8.22. The lowest BCUT2D eigenvalue weighted by molar-refractivity contribution is 0.105. The number of nitrogens with one attached hydrogen (secondary N) is 1. The first-order valence-electron chi connectivity index (χ1n) is 5.42. The van der Waals surface area contributed by atoms with Crippen molar-refractivity contribution >= 4 is 32.4 Å². The number of benzene rings is 2. The SMILES string of the molecule is OC[C@@H](O)CNc1ccc(Br)c2ccccc12. The van der Waals surface area contributed by atoms with Gasteiger partial charge in [-0.1, -0.05) is 40.2 Å². The van der Waals surface area contributed by atoms with E-state index in [9.17, 15) is 5.11 Å². The van der Waals surface area contributed by atoms with Crippen molar-refractivity contribution in [1.82, 2.24) is 0 Å². The Morgan fingerprint density at radius 2 is 1.82 bits per heavy atom. The van der Waals surface area contributed by atoms with Crippen molar-refractivity contribution in [2.75, 3.05) is 18.5 Å². The lowest BCUT2D eigenvalue weighted by Gasteiger charge is -2.13. The Balaban J connectivity index is 2.32. The molecule has 0 radical (unpaired) electrons. The van der Waals surface area contributed by atoms with Gasteiger partial charge in [0, 0.05) is 22.1 Å². The summed E-state index contributed by atoms with van der Waals surface area (Å²) in [6, 6.07) is 11.9. The number of halogens is 1. The number of hydrogen-bond acceptors (Lipinski definition) is 3. The van der Waals surface area contributed by atoms with Crippen LogP contribution in [0.4, 0.5) is 5.69 Å². The molecule has 0 fully saturated rings. The average Bonchev–Trinajstić information content (AvgIpc) is 2.38. The minimum Gasteiger partial charge on any atom is -0.394 e. The predicted octanol–water partition coefficient (Wildman–Crippen LogP) is 2.37. The molecule has 0 bridgehead atoms. The second-order valence-electron chi connectivity index (χ2n) is 3.86. The molecular weight excluding hydrogens is 282 g/mol. The van der Waals surface area contributed by atoms with Crippen LogP contribution in [-0.2, 0) is 0 Å². The molecular formula is C13H14BrNO2. The highest BCUT2D eigenvalue weighted by atomic mass is 79.9. The molecule has 1 atom stereocenters. The minimum absolute atomic E-state index is 0.235. The summed E-state index contributed by atoms with van der Waals surface area (Å²) in [6.07, 6.45) is -0.739. The van der Waals surface area contributed by atoms with Crippen molar-refractivity contribution in [3.63, 3.8) is 0 Å². The van der Waals surface area contributed by atoms with Gasteiger partial charge in [0.25, 0.3) is 0 Å². The monoisotopic (exact) mass is 295 g/mol. The maximum atomic E-state index is 9.32. The van der Waals surface area contributed by atoms with Crippen molar-refractivity contribution in [1.29, 1.82) is 0 Å².